The molecular weight excluding hydrogens is 366 g/mol. The molecule has 0 saturated heterocycles. The summed E-state index contributed by atoms with van der Waals surface area (Å²) < 4.78 is 42.8. The number of pyridine rings is 2. The van der Waals surface area contributed by atoms with Crippen LogP contribution in [0.1, 0.15) is 5.56 Å². The number of nitrogens with zero attached hydrogens (tertiary/aromatic N) is 4. The van der Waals surface area contributed by atoms with Gasteiger partial charge >= 0.3 is 18.9 Å². The largest absolute Gasteiger partial charge is 1.00 e. The average Bonchev–Trinajstić information content (AvgIpc) is 3.04. The van der Waals surface area contributed by atoms with Gasteiger partial charge in [-0.15, -0.1) is 0 Å². The molecule has 0 spiro atoms. The Morgan fingerprint density at radius 2 is 2.00 bits per heavy atom. The number of halogens is 1. The van der Waals surface area contributed by atoms with E-state index in [0.717, 1.165) is 10.9 Å². The van der Waals surface area contributed by atoms with Crippen molar-refractivity contribution >= 4 is 32.8 Å². The van der Waals surface area contributed by atoms with Crippen LogP contribution in [-0.4, -0.2) is 26.6 Å². The number of fused-ring (bicyclic) bond motifs is 3. The number of methoxy groups -OCH3 is 1. The van der Waals surface area contributed by atoms with Crippen molar-refractivity contribution in [2.75, 3.05) is 7.11 Å². The monoisotopic (exact) mass is 378 g/mol. The zero-order valence-electron chi connectivity index (χ0n) is 14.5. The van der Waals surface area contributed by atoms with Crippen molar-refractivity contribution < 1.29 is 36.4 Å². The number of rotatable bonds is 4. The number of hydrogen-bond donors (Lipinski definition) is 0. The van der Waals surface area contributed by atoms with Crippen LogP contribution in [0, 0.1) is 5.82 Å². The first-order valence-corrected chi connectivity index (χ1v) is 8.66. The van der Waals surface area contributed by atoms with Gasteiger partial charge < -0.3 is 17.7 Å². The topological polar surface area (TPSA) is 87.0 Å². The second kappa shape index (κ2) is 7.64. The minimum absolute atomic E-state index is 0. The van der Waals surface area contributed by atoms with Crippen LogP contribution in [-0.2, 0) is 25.7 Å². The van der Waals surface area contributed by atoms with Crippen molar-refractivity contribution in [1.82, 2.24) is 19.5 Å². The summed E-state index contributed by atoms with van der Waals surface area (Å²) >= 11 is 0. The fourth-order valence-electron chi connectivity index (χ4n) is 2.83. The van der Waals surface area contributed by atoms with Crippen molar-refractivity contribution in [2.24, 2.45) is 0 Å². The molecule has 0 bridgehead atoms. The van der Waals surface area contributed by atoms with E-state index in [1.165, 1.54) is 19.2 Å². The molecule has 3 aromatic heterocycles. The van der Waals surface area contributed by atoms with Crippen molar-refractivity contribution in [3.63, 3.8) is 0 Å². The van der Waals surface area contributed by atoms with Gasteiger partial charge in [0.05, 0.1) is 25.2 Å². The first-order valence-electron chi connectivity index (χ1n) is 7.59. The number of benzene rings is 1. The summed E-state index contributed by atoms with van der Waals surface area (Å²) in [6, 6.07) is 7.61. The Balaban J connectivity index is 0.00000210. The van der Waals surface area contributed by atoms with Gasteiger partial charge in [0, 0.05) is 18.0 Å². The third-order valence-electron chi connectivity index (χ3n) is 4.02. The van der Waals surface area contributed by atoms with Crippen LogP contribution in [0.3, 0.4) is 0 Å². The van der Waals surface area contributed by atoms with Crippen molar-refractivity contribution in [3.8, 4) is 5.88 Å². The standard InChI is InChI=1S/C17H12FN4O3S.Li/c1-25-15-5-3-11-16-13(7-19-17(11)21-15)20-9-22(16)8-10-2-4-14(26(23)24)12(18)6-10;/h2-7,9H,8H2,1H3;/q-1;+1. The minimum atomic E-state index is -2.60. The first-order chi connectivity index (χ1) is 12.6. The molecule has 0 radical (unpaired) electrons. The van der Waals surface area contributed by atoms with Crippen molar-refractivity contribution in [2.45, 2.75) is 11.4 Å². The van der Waals surface area contributed by atoms with Gasteiger partial charge in [-0.1, -0.05) is 12.1 Å². The quantitative estimate of drug-likeness (QED) is 0.363. The molecule has 27 heavy (non-hydrogen) atoms. The Morgan fingerprint density at radius 1 is 1.19 bits per heavy atom. The summed E-state index contributed by atoms with van der Waals surface area (Å²) in [4.78, 5) is 12.6. The molecule has 7 nitrogen and oxygen atoms in total. The molecule has 0 unspecified atom stereocenters. The molecule has 0 saturated carbocycles. The summed E-state index contributed by atoms with van der Waals surface area (Å²) in [5.74, 6) is -0.322. The Morgan fingerprint density at radius 3 is 2.70 bits per heavy atom. The predicted molar refractivity (Wildman–Crippen MR) is 91.9 cm³/mol. The number of hydrogen-bond acceptors (Lipinski definition) is 7. The van der Waals surface area contributed by atoms with Crippen LogP contribution >= 0.6 is 0 Å². The number of imidazole rings is 1. The molecule has 0 fully saturated rings. The smallest absolute Gasteiger partial charge is 0.481 e. The zero-order chi connectivity index (χ0) is 18.3. The molecule has 0 aliphatic carbocycles. The zero-order valence-corrected chi connectivity index (χ0v) is 15.4. The van der Waals surface area contributed by atoms with Crippen LogP contribution in [0.5, 0.6) is 5.88 Å². The maximum atomic E-state index is 13.9. The van der Waals surface area contributed by atoms with Gasteiger partial charge in [0.15, 0.2) is 5.65 Å². The molecule has 1 aromatic carbocycles. The van der Waals surface area contributed by atoms with Crippen LogP contribution < -0.4 is 23.6 Å². The van der Waals surface area contributed by atoms with E-state index >= 15 is 0 Å². The molecule has 10 heteroatoms. The van der Waals surface area contributed by atoms with Crippen molar-refractivity contribution in [1.29, 1.82) is 0 Å². The van der Waals surface area contributed by atoms with Crippen LogP contribution in [0.4, 0.5) is 4.39 Å². The van der Waals surface area contributed by atoms with Crippen molar-refractivity contribution in [3.05, 3.63) is 54.2 Å². The van der Waals surface area contributed by atoms with Gasteiger partial charge in [-0.25, -0.2) is 14.4 Å². The molecular formula is C17H12FLiN4O3S. The third kappa shape index (κ3) is 3.54. The normalized spacial score (nSPS) is 11.1. The van der Waals surface area contributed by atoms with E-state index in [1.54, 1.807) is 24.7 Å². The summed E-state index contributed by atoms with van der Waals surface area (Å²) in [6.07, 6.45) is 3.25. The second-order valence-electron chi connectivity index (χ2n) is 5.59. The summed E-state index contributed by atoms with van der Waals surface area (Å²) in [6.45, 7) is 0.324. The van der Waals surface area contributed by atoms with E-state index in [0.29, 0.717) is 29.2 Å². The van der Waals surface area contributed by atoms with E-state index in [1.807, 2.05) is 10.6 Å². The molecule has 0 amide bonds. The van der Waals surface area contributed by atoms with Gasteiger partial charge in [-0.2, -0.15) is 4.98 Å². The fraction of sp³-hybridized carbons (Fsp3) is 0.118. The van der Waals surface area contributed by atoms with E-state index in [4.69, 9.17) is 4.74 Å². The molecule has 0 aliphatic rings. The Hall–Kier alpha value is -2.47. The Labute approximate surface area is 167 Å². The SMILES string of the molecule is COc1ccc2c(ncc3ncn(Cc4ccc([S-](=O)=O)c(F)c4)c32)n1.[Li+]. The molecule has 0 atom stereocenters. The predicted octanol–water partition coefficient (Wildman–Crippen LogP) is -0.152. The molecule has 132 valence electrons. The van der Waals surface area contributed by atoms with Crippen LogP contribution in [0.15, 0.2) is 47.8 Å². The van der Waals surface area contributed by atoms with E-state index in [9.17, 15) is 12.8 Å². The molecule has 3 heterocycles. The summed E-state index contributed by atoms with van der Waals surface area (Å²) in [7, 11) is -1.07. The first kappa shape index (κ1) is 19.3. The van der Waals surface area contributed by atoms with Gasteiger partial charge in [0.1, 0.15) is 11.3 Å². The van der Waals surface area contributed by atoms with E-state index in [-0.39, 0.29) is 23.8 Å². The maximum Gasteiger partial charge on any atom is 1.00 e. The molecule has 4 aromatic rings. The van der Waals surface area contributed by atoms with Gasteiger partial charge in [-0.3, -0.25) is 0 Å². The number of aromatic nitrogens is 4. The van der Waals surface area contributed by atoms with Gasteiger partial charge in [0.2, 0.25) is 5.88 Å². The van der Waals surface area contributed by atoms with Crippen LogP contribution in [0.2, 0.25) is 0 Å². The third-order valence-corrected chi connectivity index (χ3v) is 4.71. The Kier molecular flexibility index (Phi) is 5.46. The molecule has 0 N–H and O–H groups in total. The Bertz CT molecular complexity index is 1220. The minimum Gasteiger partial charge on any atom is -0.481 e. The summed E-state index contributed by atoms with van der Waals surface area (Å²) in [5, 5.41) is 0.790. The second-order valence-corrected chi connectivity index (χ2v) is 6.50. The van der Waals surface area contributed by atoms with Crippen LogP contribution in [0.25, 0.3) is 22.1 Å². The van der Waals surface area contributed by atoms with Gasteiger partial charge in [0.25, 0.3) is 0 Å². The summed E-state index contributed by atoms with van der Waals surface area (Å²) in [5.41, 5.74) is 2.62. The maximum absolute atomic E-state index is 13.9. The number of ether oxygens (including phenoxy) is 1. The van der Waals surface area contributed by atoms with E-state index < -0.39 is 16.5 Å². The van der Waals surface area contributed by atoms with Gasteiger partial charge in [-0.05, 0) is 33.3 Å². The molecule has 0 aliphatic heterocycles. The fourth-order valence-corrected chi connectivity index (χ4v) is 3.23. The molecule has 4 rings (SSSR count). The van der Waals surface area contributed by atoms with E-state index in [2.05, 4.69) is 15.0 Å². The average molecular weight is 378 g/mol.